The first-order valence-corrected chi connectivity index (χ1v) is 7.69. The highest BCUT2D eigenvalue weighted by atomic mass is 35.5. The summed E-state index contributed by atoms with van der Waals surface area (Å²) in [6.07, 6.45) is 0. The van der Waals surface area contributed by atoms with Gasteiger partial charge in [-0.1, -0.05) is 54.1 Å². The number of hydrogen-bond donors (Lipinski definition) is 1. The van der Waals surface area contributed by atoms with E-state index in [0.29, 0.717) is 11.4 Å². The van der Waals surface area contributed by atoms with Crippen LogP contribution >= 0.6 is 11.6 Å². The Labute approximate surface area is 144 Å². The zero-order valence-electron chi connectivity index (χ0n) is 13.0. The Bertz CT molecular complexity index is 818. The van der Waals surface area contributed by atoms with Crippen LogP contribution in [0.2, 0.25) is 0 Å². The van der Waals surface area contributed by atoms with Crippen LogP contribution in [0.3, 0.4) is 0 Å². The molecule has 0 aliphatic carbocycles. The van der Waals surface area contributed by atoms with Crippen molar-refractivity contribution in [3.05, 3.63) is 70.9 Å². The molecule has 3 rings (SSSR count). The van der Waals surface area contributed by atoms with Crippen molar-refractivity contribution in [1.82, 2.24) is 4.90 Å². The molecule has 1 aliphatic heterocycles. The van der Waals surface area contributed by atoms with Crippen LogP contribution < -0.4 is 10.1 Å². The summed E-state index contributed by atoms with van der Waals surface area (Å²) in [6.45, 7) is 0.172. The Balaban J connectivity index is 1.84. The molecular formula is C18H15ClN2O3. The smallest absolute Gasteiger partial charge is 0.279 e. The molecular weight excluding hydrogens is 328 g/mol. The molecule has 2 aromatic rings. The monoisotopic (exact) mass is 342 g/mol. The van der Waals surface area contributed by atoms with E-state index in [9.17, 15) is 9.59 Å². The third kappa shape index (κ3) is 2.98. The lowest BCUT2D eigenvalue weighted by atomic mass is 10.2. The van der Waals surface area contributed by atoms with Crippen LogP contribution in [0, 0.1) is 0 Å². The molecule has 0 bridgehead atoms. The Morgan fingerprint density at radius 1 is 1.00 bits per heavy atom. The standard InChI is InChI=1S/C18H15ClN2O3/c1-24-14-10-6-5-9-13(14)20-16-15(19)17(22)21(18(16)23)11-12-7-3-2-4-8-12/h2-10,20H,11H2,1H3. The van der Waals surface area contributed by atoms with Crippen molar-refractivity contribution in [3.8, 4) is 5.75 Å². The molecule has 1 heterocycles. The average Bonchev–Trinajstić information content (AvgIpc) is 2.81. The topological polar surface area (TPSA) is 58.6 Å². The molecule has 2 aromatic carbocycles. The fraction of sp³-hybridized carbons (Fsp3) is 0.111. The van der Waals surface area contributed by atoms with Crippen molar-refractivity contribution in [2.45, 2.75) is 6.54 Å². The predicted octanol–water partition coefficient (Wildman–Crippen LogP) is 3.13. The fourth-order valence-corrected chi connectivity index (χ4v) is 2.68. The molecule has 2 amide bonds. The minimum Gasteiger partial charge on any atom is -0.495 e. The summed E-state index contributed by atoms with van der Waals surface area (Å²) in [7, 11) is 1.53. The van der Waals surface area contributed by atoms with Crippen LogP contribution in [0.4, 0.5) is 5.69 Å². The Morgan fingerprint density at radius 2 is 1.67 bits per heavy atom. The molecule has 0 saturated heterocycles. The van der Waals surface area contributed by atoms with Gasteiger partial charge in [0.25, 0.3) is 11.8 Å². The summed E-state index contributed by atoms with van der Waals surface area (Å²) in [5, 5.41) is 2.79. The minimum atomic E-state index is -0.511. The van der Waals surface area contributed by atoms with Gasteiger partial charge in [0.1, 0.15) is 16.5 Å². The number of nitrogens with one attached hydrogen (secondary N) is 1. The van der Waals surface area contributed by atoms with Crippen LogP contribution in [-0.2, 0) is 16.1 Å². The molecule has 5 nitrogen and oxygen atoms in total. The predicted molar refractivity (Wildman–Crippen MR) is 91.5 cm³/mol. The lowest BCUT2D eigenvalue weighted by Gasteiger charge is -2.15. The Morgan fingerprint density at radius 3 is 2.38 bits per heavy atom. The third-order valence-corrected chi connectivity index (χ3v) is 4.01. The van der Waals surface area contributed by atoms with E-state index in [-0.39, 0.29) is 17.3 Å². The second kappa shape index (κ2) is 6.76. The molecule has 6 heteroatoms. The number of nitrogens with zero attached hydrogens (tertiary/aromatic N) is 1. The highest BCUT2D eigenvalue weighted by Gasteiger charge is 2.38. The summed E-state index contributed by atoms with van der Waals surface area (Å²) < 4.78 is 5.24. The molecule has 0 unspecified atom stereocenters. The number of amides is 2. The van der Waals surface area contributed by atoms with Gasteiger partial charge in [-0.15, -0.1) is 0 Å². The number of anilines is 1. The van der Waals surface area contributed by atoms with E-state index in [1.54, 1.807) is 18.2 Å². The number of rotatable bonds is 5. The molecule has 0 atom stereocenters. The second-order valence-electron chi connectivity index (χ2n) is 5.20. The van der Waals surface area contributed by atoms with Crippen LogP contribution in [0.25, 0.3) is 0 Å². The first kappa shape index (κ1) is 16.1. The van der Waals surface area contributed by atoms with Crippen LogP contribution in [0.5, 0.6) is 5.75 Å². The van der Waals surface area contributed by atoms with Crippen LogP contribution in [0.1, 0.15) is 5.56 Å². The van der Waals surface area contributed by atoms with Crippen molar-refractivity contribution in [2.24, 2.45) is 0 Å². The van der Waals surface area contributed by atoms with Crippen molar-refractivity contribution in [1.29, 1.82) is 0 Å². The summed E-state index contributed by atoms with van der Waals surface area (Å²) in [6, 6.07) is 16.4. The highest BCUT2D eigenvalue weighted by Crippen LogP contribution is 2.30. The van der Waals surface area contributed by atoms with Gasteiger partial charge in [-0.05, 0) is 17.7 Å². The van der Waals surface area contributed by atoms with E-state index in [4.69, 9.17) is 16.3 Å². The molecule has 122 valence electrons. The summed E-state index contributed by atoms with van der Waals surface area (Å²) in [5.74, 6) is -0.418. The number of para-hydroxylation sites is 2. The molecule has 0 radical (unpaired) electrons. The van der Waals surface area contributed by atoms with E-state index < -0.39 is 11.8 Å². The molecule has 24 heavy (non-hydrogen) atoms. The Hall–Kier alpha value is -2.79. The first-order valence-electron chi connectivity index (χ1n) is 7.31. The van der Waals surface area contributed by atoms with Gasteiger partial charge in [0.15, 0.2) is 0 Å². The highest BCUT2D eigenvalue weighted by molar-refractivity contribution is 6.48. The van der Waals surface area contributed by atoms with Crippen molar-refractivity contribution >= 4 is 29.1 Å². The fourth-order valence-electron chi connectivity index (χ4n) is 2.45. The maximum absolute atomic E-state index is 12.6. The van der Waals surface area contributed by atoms with Gasteiger partial charge in [0, 0.05) is 0 Å². The Kier molecular flexibility index (Phi) is 4.53. The minimum absolute atomic E-state index is 0.0575. The number of carbonyl (C=O) groups is 2. The zero-order chi connectivity index (χ0) is 17.1. The summed E-state index contributed by atoms with van der Waals surface area (Å²) in [5.41, 5.74) is 1.47. The van der Waals surface area contributed by atoms with E-state index in [1.807, 2.05) is 36.4 Å². The summed E-state index contributed by atoms with van der Waals surface area (Å²) >= 11 is 6.09. The van der Waals surface area contributed by atoms with Crippen molar-refractivity contribution < 1.29 is 14.3 Å². The number of ether oxygens (including phenoxy) is 1. The maximum atomic E-state index is 12.6. The SMILES string of the molecule is COc1ccccc1NC1=C(Cl)C(=O)N(Cc2ccccc2)C1=O. The number of carbonyl (C=O) groups excluding carboxylic acids is 2. The molecule has 0 spiro atoms. The maximum Gasteiger partial charge on any atom is 0.279 e. The number of imide groups is 1. The first-order chi connectivity index (χ1) is 11.6. The molecule has 0 saturated carbocycles. The van der Waals surface area contributed by atoms with E-state index in [2.05, 4.69) is 5.32 Å². The lowest BCUT2D eigenvalue weighted by molar-refractivity contribution is -0.138. The lowest BCUT2D eigenvalue weighted by Crippen LogP contribution is -2.31. The van der Waals surface area contributed by atoms with Crippen LogP contribution in [-0.4, -0.2) is 23.8 Å². The van der Waals surface area contributed by atoms with Crippen LogP contribution in [0.15, 0.2) is 65.3 Å². The van der Waals surface area contributed by atoms with Gasteiger partial charge in [0.2, 0.25) is 0 Å². The molecule has 1 N–H and O–H groups in total. The van der Waals surface area contributed by atoms with Crippen molar-refractivity contribution in [3.63, 3.8) is 0 Å². The van der Waals surface area contributed by atoms with Gasteiger partial charge in [-0.25, -0.2) is 0 Å². The van der Waals surface area contributed by atoms with Gasteiger partial charge in [-0.3, -0.25) is 14.5 Å². The van der Waals surface area contributed by atoms with Gasteiger partial charge >= 0.3 is 0 Å². The van der Waals surface area contributed by atoms with Gasteiger partial charge < -0.3 is 10.1 Å². The number of benzene rings is 2. The quantitative estimate of drug-likeness (QED) is 0.848. The molecule has 1 aliphatic rings. The van der Waals surface area contributed by atoms with E-state index in [0.717, 1.165) is 10.5 Å². The van der Waals surface area contributed by atoms with E-state index >= 15 is 0 Å². The van der Waals surface area contributed by atoms with Crippen molar-refractivity contribution in [2.75, 3.05) is 12.4 Å². The average molecular weight is 343 g/mol. The number of hydrogen-bond acceptors (Lipinski definition) is 4. The number of halogens is 1. The number of methoxy groups -OCH3 is 1. The van der Waals surface area contributed by atoms with E-state index in [1.165, 1.54) is 7.11 Å². The molecule has 0 aromatic heterocycles. The summed E-state index contributed by atoms with van der Waals surface area (Å²) in [4.78, 5) is 26.0. The third-order valence-electron chi connectivity index (χ3n) is 3.66. The molecule has 0 fully saturated rings. The van der Waals surface area contributed by atoms with Gasteiger partial charge in [0.05, 0.1) is 19.3 Å². The second-order valence-corrected chi connectivity index (χ2v) is 5.57. The normalized spacial score (nSPS) is 14.3. The zero-order valence-corrected chi connectivity index (χ0v) is 13.7. The van der Waals surface area contributed by atoms with Gasteiger partial charge in [-0.2, -0.15) is 0 Å². The largest absolute Gasteiger partial charge is 0.495 e.